The number of allylic oxidation sites excluding steroid dienone is 3. The quantitative estimate of drug-likeness (QED) is 0.635. The van der Waals surface area contributed by atoms with Crippen LogP contribution in [0.5, 0.6) is 0 Å². The normalized spacial score (nSPS) is 25.5. The number of carbonyl (C=O) groups excluding carboxylic acids is 1. The van der Waals surface area contributed by atoms with E-state index in [2.05, 4.69) is 62.3 Å². The summed E-state index contributed by atoms with van der Waals surface area (Å²) in [5, 5.41) is 3.57. The molecule has 2 nitrogen and oxygen atoms in total. The number of benzene rings is 1. The molecule has 1 aliphatic heterocycles. The number of rotatable bonds is 2. The van der Waals surface area contributed by atoms with Crippen LogP contribution >= 0.6 is 0 Å². The van der Waals surface area contributed by atoms with Crippen molar-refractivity contribution in [2.75, 3.05) is 0 Å². The Labute approximate surface area is 193 Å². The van der Waals surface area contributed by atoms with E-state index in [-0.39, 0.29) is 34.2 Å². The Bertz CT molecular complexity index is 775. The van der Waals surface area contributed by atoms with Crippen molar-refractivity contribution in [1.82, 2.24) is 5.32 Å². The van der Waals surface area contributed by atoms with Gasteiger partial charge in [0.25, 0.3) is 0 Å². The van der Waals surface area contributed by atoms with E-state index in [0.29, 0.717) is 6.42 Å². The zero-order valence-electron chi connectivity index (χ0n) is 17.4. The average Bonchev–Trinajstić information content (AvgIpc) is 3.43. The molecule has 3 aliphatic carbocycles. The molecule has 0 saturated heterocycles. The number of dihydropyridines is 1. The second-order valence-electron chi connectivity index (χ2n) is 8.56. The average molecular weight is 437 g/mol. The topological polar surface area (TPSA) is 29.1 Å². The van der Waals surface area contributed by atoms with Crippen LogP contribution in [-0.2, 0) is 21.9 Å². The predicted octanol–water partition coefficient (Wildman–Crippen LogP) is 5.31. The van der Waals surface area contributed by atoms with Crippen LogP contribution in [0, 0.1) is 75.0 Å². The molecule has 2 saturated carbocycles. The summed E-state index contributed by atoms with van der Waals surface area (Å²) in [5.41, 5.74) is 4.34. The molecule has 0 bridgehead atoms. The number of Topliss-reactive ketones (excluding diaryl/α,β-unsaturated/α-hetero) is 1. The molecule has 1 N–H and O–H groups in total. The molecule has 3 heteroatoms. The molecule has 4 aliphatic rings. The van der Waals surface area contributed by atoms with Crippen molar-refractivity contribution in [3.8, 4) is 0 Å². The molecule has 1 aromatic rings. The number of nitrogens with one attached hydrogen (secondary N) is 1. The molecule has 1 atom stereocenters. The van der Waals surface area contributed by atoms with Gasteiger partial charge in [0.1, 0.15) is 0 Å². The van der Waals surface area contributed by atoms with Crippen molar-refractivity contribution in [3.63, 3.8) is 0 Å². The molecule has 10 radical (unpaired) electrons. The summed E-state index contributed by atoms with van der Waals surface area (Å²) in [4.78, 5) is 12.9. The van der Waals surface area contributed by atoms with Crippen molar-refractivity contribution >= 4 is 11.5 Å². The van der Waals surface area contributed by atoms with Gasteiger partial charge in [0.15, 0.2) is 5.78 Å². The summed E-state index contributed by atoms with van der Waals surface area (Å²) >= 11 is 0. The fourth-order valence-electron chi connectivity index (χ4n) is 4.23. The van der Waals surface area contributed by atoms with E-state index in [4.69, 9.17) is 0 Å². The number of ketones is 1. The van der Waals surface area contributed by atoms with E-state index in [9.17, 15) is 4.79 Å². The smallest absolute Gasteiger partial charge is 0.358 e. The summed E-state index contributed by atoms with van der Waals surface area (Å²) < 4.78 is 0. The standard InChI is InChI=1S/C22H22NO.C5H5.Fe/c1-22(2)13-19-21(20(24)14-22)17(15-8-6-7-9-15)12-18(23-19)16-10-4-3-5-11-16;1-2-4-5-3-1;/h3-12,17,23H,13-14H2,1-2H3;1-5H;/q;;+2. The van der Waals surface area contributed by atoms with Gasteiger partial charge >= 0.3 is 17.1 Å². The van der Waals surface area contributed by atoms with Crippen LogP contribution in [0.1, 0.15) is 32.3 Å². The molecule has 1 unspecified atom stereocenters. The predicted molar refractivity (Wildman–Crippen MR) is 118 cm³/mol. The molecule has 1 aromatic carbocycles. The third-order valence-corrected chi connectivity index (χ3v) is 5.54. The van der Waals surface area contributed by atoms with Crippen molar-refractivity contribution in [1.29, 1.82) is 0 Å². The van der Waals surface area contributed by atoms with Crippen LogP contribution in [0.25, 0.3) is 5.70 Å². The molecule has 30 heavy (non-hydrogen) atoms. The van der Waals surface area contributed by atoms with Crippen LogP contribution in [0.15, 0.2) is 47.7 Å². The van der Waals surface area contributed by atoms with Crippen LogP contribution in [-0.4, -0.2) is 5.78 Å². The molecular weight excluding hydrogens is 410 g/mol. The monoisotopic (exact) mass is 437 g/mol. The van der Waals surface area contributed by atoms with Gasteiger partial charge in [-0.15, -0.1) is 0 Å². The van der Waals surface area contributed by atoms with E-state index >= 15 is 0 Å². The van der Waals surface area contributed by atoms with Gasteiger partial charge in [0.2, 0.25) is 0 Å². The van der Waals surface area contributed by atoms with Crippen LogP contribution in [0.2, 0.25) is 0 Å². The summed E-state index contributed by atoms with van der Waals surface area (Å²) in [6, 6.07) is 10.4. The Morgan fingerprint density at radius 1 is 0.867 bits per heavy atom. The largest absolute Gasteiger partial charge is 2.00 e. The van der Waals surface area contributed by atoms with E-state index in [1.807, 2.05) is 51.0 Å². The Morgan fingerprint density at radius 3 is 2.07 bits per heavy atom. The van der Waals surface area contributed by atoms with Crippen molar-refractivity contribution < 1.29 is 21.9 Å². The molecule has 1 heterocycles. The molecule has 152 valence electrons. The van der Waals surface area contributed by atoms with E-state index in [1.165, 1.54) is 5.92 Å². The molecule has 0 amide bonds. The van der Waals surface area contributed by atoms with Crippen molar-refractivity contribution in [3.05, 3.63) is 117 Å². The first-order valence-corrected chi connectivity index (χ1v) is 10.2. The third-order valence-electron chi connectivity index (χ3n) is 5.54. The van der Waals surface area contributed by atoms with Gasteiger partial charge in [-0.1, -0.05) is 50.3 Å². The van der Waals surface area contributed by atoms with E-state index in [1.54, 1.807) is 0 Å². The number of hydrogen-bond acceptors (Lipinski definition) is 2. The Morgan fingerprint density at radius 2 is 1.47 bits per heavy atom. The molecule has 5 rings (SSSR count). The Hall–Kier alpha value is -1.31. The van der Waals surface area contributed by atoms with E-state index in [0.717, 1.165) is 29.0 Å². The zero-order valence-corrected chi connectivity index (χ0v) is 18.5. The first-order valence-electron chi connectivity index (χ1n) is 10.2. The second kappa shape index (κ2) is 10.3. The van der Waals surface area contributed by atoms with Gasteiger partial charge < -0.3 is 5.32 Å². The molecule has 0 spiro atoms. The number of carbonyl (C=O) groups is 1. The summed E-state index contributed by atoms with van der Waals surface area (Å²) in [6.07, 6.45) is 22.1. The van der Waals surface area contributed by atoms with Crippen molar-refractivity contribution in [2.24, 2.45) is 11.3 Å². The van der Waals surface area contributed by atoms with Crippen LogP contribution in [0.3, 0.4) is 0 Å². The zero-order chi connectivity index (χ0) is 20.3. The van der Waals surface area contributed by atoms with Gasteiger partial charge in [0, 0.05) is 29.3 Å². The van der Waals surface area contributed by atoms with Crippen molar-refractivity contribution in [2.45, 2.75) is 26.7 Å². The summed E-state index contributed by atoms with van der Waals surface area (Å²) in [7, 11) is 0. The number of hydrogen-bond donors (Lipinski definition) is 1. The minimum atomic E-state index is 0. The van der Waals surface area contributed by atoms with Crippen LogP contribution < -0.4 is 5.32 Å². The maximum atomic E-state index is 12.9. The Kier molecular flexibility index (Phi) is 8.04. The van der Waals surface area contributed by atoms with Gasteiger partial charge in [-0.2, -0.15) is 0 Å². The fourth-order valence-corrected chi connectivity index (χ4v) is 4.23. The maximum Gasteiger partial charge on any atom is 2.00 e. The molecule has 2 fully saturated rings. The first-order chi connectivity index (χ1) is 14.0. The van der Waals surface area contributed by atoms with Gasteiger partial charge in [-0.3, -0.25) is 4.79 Å². The molecular formula is C27H27FeNO+2. The van der Waals surface area contributed by atoms with Crippen LogP contribution in [0.4, 0.5) is 0 Å². The van der Waals surface area contributed by atoms with E-state index < -0.39 is 0 Å². The first kappa shape index (κ1) is 23.4. The maximum absolute atomic E-state index is 12.9. The summed E-state index contributed by atoms with van der Waals surface area (Å²) in [5.74, 6) is 1.53. The van der Waals surface area contributed by atoms with Gasteiger partial charge in [0.05, 0.1) is 0 Å². The third kappa shape index (κ3) is 5.48. The van der Waals surface area contributed by atoms with Gasteiger partial charge in [-0.05, 0) is 81.1 Å². The fraction of sp³-hybridized carbons (Fsp3) is 0.222. The SMILES string of the molecule is CC1(C)CC(=O)C2=C(C1)NC(c1ccccc1)=CC2[C]1[CH][CH][CH][CH]1.[CH]1[CH][CH][CH][CH]1.[Fe+2]. The summed E-state index contributed by atoms with van der Waals surface area (Å²) in [6.45, 7) is 4.35. The Balaban J connectivity index is 0.000000376. The van der Waals surface area contributed by atoms with Gasteiger partial charge in [-0.25, -0.2) is 0 Å². The second-order valence-corrected chi connectivity index (χ2v) is 8.56. The minimum Gasteiger partial charge on any atom is -0.358 e. The molecule has 0 aromatic heterocycles. The minimum absolute atomic E-state index is 0.